The van der Waals surface area contributed by atoms with Crippen molar-refractivity contribution in [1.29, 1.82) is 0 Å². The van der Waals surface area contributed by atoms with Crippen LogP contribution in [0, 0.1) is 13.8 Å². The molecule has 28 heavy (non-hydrogen) atoms. The van der Waals surface area contributed by atoms with Crippen molar-refractivity contribution in [3.05, 3.63) is 70.7 Å². The van der Waals surface area contributed by atoms with E-state index < -0.39 is 5.91 Å². The van der Waals surface area contributed by atoms with Crippen LogP contribution in [0.15, 0.2) is 53.9 Å². The van der Waals surface area contributed by atoms with Crippen molar-refractivity contribution in [1.82, 2.24) is 15.8 Å². The van der Waals surface area contributed by atoms with Gasteiger partial charge in [-0.25, -0.2) is 4.98 Å². The van der Waals surface area contributed by atoms with Gasteiger partial charge in [0, 0.05) is 10.9 Å². The minimum Gasteiger partial charge on any atom is -0.484 e. The number of amides is 2. The molecule has 0 aliphatic heterocycles. The highest BCUT2D eigenvalue weighted by Gasteiger charge is 2.10. The molecule has 0 saturated carbocycles. The van der Waals surface area contributed by atoms with Crippen LogP contribution >= 0.6 is 11.3 Å². The average molecular weight is 395 g/mol. The maximum atomic E-state index is 12.0. The Bertz CT molecular complexity index is 950. The van der Waals surface area contributed by atoms with Crippen molar-refractivity contribution in [2.24, 2.45) is 0 Å². The zero-order chi connectivity index (χ0) is 19.9. The number of rotatable bonds is 6. The molecule has 7 heteroatoms. The van der Waals surface area contributed by atoms with Crippen molar-refractivity contribution in [2.45, 2.75) is 20.3 Å². The van der Waals surface area contributed by atoms with Crippen molar-refractivity contribution in [3.63, 3.8) is 0 Å². The fourth-order valence-corrected chi connectivity index (χ4v) is 3.48. The molecule has 0 aliphatic rings. The van der Waals surface area contributed by atoms with Gasteiger partial charge in [0.25, 0.3) is 5.91 Å². The number of nitrogens with one attached hydrogen (secondary N) is 2. The van der Waals surface area contributed by atoms with Crippen LogP contribution in [-0.4, -0.2) is 23.4 Å². The standard InChI is InChI=1S/C21H21N3O3S/c1-14-8-15(2)10-18(9-14)27-12-20(26)24-23-19(25)11-17-13-28-21(22-17)16-6-4-3-5-7-16/h3-10,13H,11-12H2,1-2H3,(H,23,25)(H,24,26). The quantitative estimate of drug-likeness (QED) is 0.628. The van der Waals surface area contributed by atoms with E-state index in [1.54, 1.807) is 0 Å². The van der Waals surface area contributed by atoms with E-state index in [-0.39, 0.29) is 18.9 Å². The van der Waals surface area contributed by atoms with Crippen LogP contribution in [0.1, 0.15) is 16.8 Å². The number of aromatic nitrogens is 1. The molecule has 2 amide bonds. The maximum Gasteiger partial charge on any atom is 0.276 e. The predicted molar refractivity (Wildman–Crippen MR) is 109 cm³/mol. The molecule has 3 rings (SSSR count). The number of benzene rings is 2. The molecule has 144 valence electrons. The first kappa shape index (κ1) is 19.6. The Kier molecular flexibility index (Phi) is 6.39. The van der Waals surface area contributed by atoms with Crippen LogP contribution in [0.4, 0.5) is 0 Å². The van der Waals surface area contributed by atoms with E-state index in [2.05, 4.69) is 15.8 Å². The van der Waals surface area contributed by atoms with Gasteiger partial charge in [0.05, 0.1) is 12.1 Å². The largest absolute Gasteiger partial charge is 0.484 e. The van der Waals surface area contributed by atoms with Gasteiger partial charge in [0.1, 0.15) is 10.8 Å². The van der Waals surface area contributed by atoms with E-state index in [0.29, 0.717) is 11.4 Å². The van der Waals surface area contributed by atoms with Gasteiger partial charge >= 0.3 is 0 Å². The number of hydrogen-bond acceptors (Lipinski definition) is 5. The van der Waals surface area contributed by atoms with Gasteiger partial charge in [0.2, 0.25) is 5.91 Å². The molecule has 1 aromatic heterocycles. The first-order valence-corrected chi connectivity index (χ1v) is 9.66. The Balaban J connectivity index is 1.44. The number of hydrogen-bond donors (Lipinski definition) is 2. The van der Waals surface area contributed by atoms with E-state index in [9.17, 15) is 9.59 Å². The zero-order valence-electron chi connectivity index (χ0n) is 15.7. The van der Waals surface area contributed by atoms with Gasteiger partial charge in [-0.2, -0.15) is 0 Å². The maximum absolute atomic E-state index is 12.0. The summed E-state index contributed by atoms with van der Waals surface area (Å²) in [5.41, 5.74) is 8.52. The van der Waals surface area contributed by atoms with E-state index in [1.165, 1.54) is 11.3 Å². The van der Waals surface area contributed by atoms with Crippen LogP contribution in [0.5, 0.6) is 5.75 Å². The summed E-state index contributed by atoms with van der Waals surface area (Å²) in [5.74, 6) is -0.157. The van der Waals surface area contributed by atoms with Crippen molar-refractivity contribution < 1.29 is 14.3 Å². The SMILES string of the molecule is Cc1cc(C)cc(OCC(=O)NNC(=O)Cc2csc(-c3ccccc3)n2)c1. The molecular formula is C21H21N3O3S. The normalized spacial score (nSPS) is 10.4. The third-order valence-electron chi connectivity index (χ3n) is 3.82. The molecule has 0 aliphatic carbocycles. The molecule has 2 aromatic carbocycles. The molecule has 1 heterocycles. The second kappa shape index (κ2) is 9.14. The Labute approximate surface area is 167 Å². The molecule has 2 N–H and O–H groups in total. The molecular weight excluding hydrogens is 374 g/mol. The lowest BCUT2D eigenvalue weighted by molar-refractivity contribution is -0.129. The monoisotopic (exact) mass is 395 g/mol. The van der Waals surface area contributed by atoms with Crippen LogP contribution in [0.2, 0.25) is 0 Å². The number of ether oxygens (including phenoxy) is 1. The van der Waals surface area contributed by atoms with Crippen molar-refractivity contribution in [2.75, 3.05) is 6.61 Å². The molecule has 0 bridgehead atoms. The Hall–Kier alpha value is -3.19. The van der Waals surface area contributed by atoms with Crippen molar-refractivity contribution >= 4 is 23.2 Å². The van der Waals surface area contributed by atoms with Crippen LogP contribution < -0.4 is 15.6 Å². The highest BCUT2D eigenvalue weighted by atomic mass is 32.1. The summed E-state index contributed by atoms with van der Waals surface area (Å²) in [5, 5.41) is 2.70. The number of thiazole rings is 1. The van der Waals surface area contributed by atoms with E-state index >= 15 is 0 Å². The third kappa shape index (κ3) is 5.65. The summed E-state index contributed by atoms with van der Waals surface area (Å²) >= 11 is 1.48. The number of carbonyl (C=O) groups is 2. The molecule has 0 spiro atoms. The molecule has 6 nitrogen and oxygen atoms in total. The van der Waals surface area contributed by atoms with Crippen LogP contribution in [0.3, 0.4) is 0 Å². The number of hydrazine groups is 1. The number of nitrogens with zero attached hydrogens (tertiary/aromatic N) is 1. The Morgan fingerprint density at radius 1 is 1.00 bits per heavy atom. The summed E-state index contributed by atoms with van der Waals surface area (Å²) in [6, 6.07) is 15.5. The third-order valence-corrected chi connectivity index (χ3v) is 4.76. The number of carbonyl (C=O) groups excluding carboxylic acids is 2. The summed E-state index contributed by atoms with van der Waals surface area (Å²) in [6.07, 6.45) is 0.0849. The Morgan fingerprint density at radius 3 is 2.39 bits per heavy atom. The highest BCUT2D eigenvalue weighted by molar-refractivity contribution is 7.13. The molecule has 0 fully saturated rings. The minimum absolute atomic E-state index is 0.0849. The van der Waals surface area contributed by atoms with Crippen LogP contribution in [-0.2, 0) is 16.0 Å². The second-order valence-corrected chi connectivity index (χ2v) is 7.25. The van der Waals surface area contributed by atoms with E-state index in [0.717, 1.165) is 21.7 Å². The van der Waals surface area contributed by atoms with E-state index in [4.69, 9.17) is 4.74 Å². The lowest BCUT2D eigenvalue weighted by atomic mass is 10.1. The van der Waals surface area contributed by atoms with Gasteiger partial charge in [0.15, 0.2) is 6.61 Å². The van der Waals surface area contributed by atoms with Gasteiger partial charge in [-0.05, 0) is 37.1 Å². The van der Waals surface area contributed by atoms with Crippen molar-refractivity contribution in [3.8, 4) is 16.3 Å². The number of aryl methyl sites for hydroxylation is 2. The zero-order valence-corrected chi connectivity index (χ0v) is 16.5. The average Bonchev–Trinajstić information content (AvgIpc) is 3.13. The topological polar surface area (TPSA) is 80.3 Å². The van der Waals surface area contributed by atoms with Gasteiger partial charge in [-0.1, -0.05) is 36.4 Å². The fraction of sp³-hybridized carbons (Fsp3) is 0.190. The summed E-state index contributed by atoms with van der Waals surface area (Å²) < 4.78 is 5.46. The second-order valence-electron chi connectivity index (χ2n) is 6.40. The van der Waals surface area contributed by atoms with Crippen LogP contribution in [0.25, 0.3) is 10.6 Å². The molecule has 0 atom stereocenters. The van der Waals surface area contributed by atoms with Gasteiger partial charge in [-0.15, -0.1) is 11.3 Å². The molecule has 0 unspecified atom stereocenters. The first-order valence-electron chi connectivity index (χ1n) is 8.78. The summed E-state index contributed by atoms with van der Waals surface area (Å²) in [7, 11) is 0. The van der Waals surface area contributed by atoms with Gasteiger partial charge < -0.3 is 4.74 Å². The smallest absolute Gasteiger partial charge is 0.276 e. The summed E-state index contributed by atoms with van der Waals surface area (Å²) in [6.45, 7) is 3.74. The molecule has 0 radical (unpaired) electrons. The Morgan fingerprint density at radius 2 is 1.68 bits per heavy atom. The fourth-order valence-electron chi connectivity index (χ4n) is 2.65. The predicted octanol–water partition coefficient (Wildman–Crippen LogP) is 3.20. The lowest BCUT2D eigenvalue weighted by Crippen LogP contribution is -2.44. The first-order chi connectivity index (χ1) is 13.5. The minimum atomic E-state index is -0.434. The van der Waals surface area contributed by atoms with Gasteiger partial charge in [-0.3, -0.25) is 20.4 Å². The molecule has 0 saturated heterocycles. The highest BCUT2D eigenvalue weighted by Crippen LogP contribution is 2.23. The summed E-state index contributed by atoms with van der Waals surface area (Å²) in [4.78, 5) is 28.4. The van der Waals surface area contributed by atoms with E-state index in [1.807, 2.05) is 67.8 Å². The lowest BCUT2D eigenvalue weighted by Gasteiger charge is -2.09. The molecule has 3 aromatic rings.